The smallest absolute Gasteiger partial charge is 0.416 e. The predicted molar refractivity (Wildman–Crippen MR) is 117 cm³/mol. The number of alkyl halides is 3. The maximum atomic E-state index is 12.8. The molecular weight excluding hydrogens is 429 g/mol. The molecule has 0 amide bonds. The van der Waals surface area contributed by atoms with Crippen molar-refractivity contribution in [1.29, 1.82) is 0 Å². The zero-order chi connectivity index (χ0) is 22.8. The number of nitrogens with zero attached hydrogens (tertiary/aromatic N) is 2. The quantitative estimate of drug-likeness (QED) is 0.620. The largest absolute Gasteiger partial charge is 0.506 e. The Morgan fingerprint density at radius 1 is 1.10 bits per heavy atom. The Morgan fingerprint density at radius 3 is 2.23 bits per heavy atom. The summed E-state index contributed by atoms with van der Waals surface area (Å²) in [7, 11) is 5.01. The Morgan fingerprint density at radius 2 is 1.71 bits per heavy atom. The molecule has 0 saturated heterocycles. The lowest BCUT2D eigenvalue weighted by molar-refractivity contribution is -0.137. The number of aliphatic hydroxyl groups excluding tert-OH is 1. The molecule has 0 saturated carbocycles. The highest BCUT2D eigenvalue weighted by Crippen LogP contribution is 2.40. The molecule has 1 heterocycles. The van der Waals surface area contributed by atoms with Crippen molar-refractivity contribution in [3.05, 3.63) is 75.9 Å². The molecule has 31 heavy (non-hydrogen) atoms. The van der Waals surface area contributed by atoms with Gasteiger partial charge in [0.1, 0.15) is 16.4 Å². The number of carbonyl (C=O) groups excluding carboxylic acids is 1. The lowest BCUT2D eigenvalue weighted by Crippen LogP contribution is -2.10. The van der Waals surface area contributed by atoms with Crippen molar-refractivity contribution < 1.29 is 27.8 Å². The Bertz CT molecular complexity index is 1070. The van der Waals surface area contributed by atoms with Gasteiger partial charge in [0.05, 0.1) is 23.3 Å². The van der Waals surface area contributed by atoms with Gasteiger partial charge in [0, 0.05) is 19.8 Å². The molecule has 162 valence electrons. The summed E-state index contributed by atoms with van der Waals surface area (Å²) < 4.78 is 43.0. The van der Waals surface area contributed by atoms with Crippen LogP contribution in [0.1, 0.15) is 11.1 Å². The number of hydrogen-bond donors (Lipinski definition) is 1. The summed E-state index contributed by atoms with van der Waals surface area (Å²) in [5, 5.41) is 10.7. The first-order valence-corrected chi connectivity index (χ1v) is 9.87. The van der Waals surface area contributed by atoms with E-state index < -0.39 is 17.7 Å². The normalized spacial score (nSPS) is 16.8. The number of aliphatic hydroxyl groups is 1. The number of benzene rings is 2. The van der Waals surface area contributed by atoms with E-state index in [0.29, 0.717) is 4.91 Å². The van der Waals surface area contributed by atoms with Crippen molar-refractivity contribution in [3.63, 3.8) is 0 Å². The number of halogens is 3. The van der Waals surface area contributed by atoms with Crippen LogP contribution in [0.3, 0.4) is 0 Å². The van der Waals surface area contributed by atoms with E-state index in [1.165, 1.54) is 19.2 Å². The van der Waals surface area contributed by atoms with Gasteiger partial charge in [0.25, 0.3) is 0 Å². The number of aliphatic imine (C=N–C) groups is 1. The van der Waals surface area contributed by atoms with Gasteiger partial charge in [-0.05, 0) is 48.0 Å². The molecule has 0 spiro atoms. The van der Waals surface area contributed by atoms with E-state index in [4.69, 9.17) is 4.74 Å². The predicted octanol–water partition coefficient (Wildman–Crippen LogP) is 5.57. The first-order chi connectivity index (χ1) is 14.6. The van der Waals surface area contributed by atoms with E-state index in [9.17, 15) is 23.1 Å². The second-order valence-electron chi connectivity index (χ2n) is 6.77. The maximum absolute atomic E-state index is 12.8. The second-order valence-corrected chi connectivity index (χ2v) is 7.80. The van der Waals surface area contributed by atoms with Crippen LogP contribution >= 0.6 is 11.8 Å². The molecule has 2 aromatic rings. The average molecular weight is 448 g/mol. The molecule has 5 nitrogen and oxygen atoms in total. The van der Waals surface area contributed by atoms with Crippen molar-refractivity contribution in [3.8, 4) is 0 Å². The van der Waals surface area contributed by atoms with E-state index in [0.717, 1.165) is 35.1 Å². The minimum atomic E-state index is -4.46. The number of anilines is 1. The molecule has 3 rings (SSSR count). The number of esters is 1. The molecular formula is C22H19F3N2O3S. The number of hydrogen-bond acceptors (Lipinski definition) is 6. The summed E-state index contributed by atoms with van der Waals surface area (Å²) in [6.07, 6.45) is -2.77. The van der Waals surface area contributed by atoms with Crippen molar-refractivity contribution in [2.75, 3.05) is 26.1 Å². The van der Waals surface area contributed by atoms with Crippen LogP contribution in [0.15, 0.2) is 69.8 Å². The van der Waals surface area contributed by atoms with Crippen LogP contribution < -0.4 is 4.90 Å². The van der Waals surface area contributed by atoms with Crippen LogP contribution in [0.4, 0.5) is 24.5 Å². The zero-order valence-electron chi connectivity index (χ0n) is 16.9. The lowest BCUT2D eigenvalue weighted by Gasteiger charge is -2.11. The first kappa shape index (κ1) is 22.5. The number of methoxy groups -OCH3 is 1. The van der Waals surface area contributed by atoms with Crippen LogP contribution in [-0.2, 0) is 15.7 Å². The summed E-state index contributed by atoms with van der Waals surface area (Å²) in [4.78, 5) is 18.8. The Balaban J connectivity index is 1.96. The van der Waals surface area contributed by atoms with E-state index >= 15 is 0 Å². The van der Waals surface area contributed by atoms with E-state index in [-0.39, 0.29) is 22.1 Å². The molecule has 0 unspecified atom stereocenters. The average Bonchev–Trinajstić information content (AvgIpc) is 3.02. The summed E-state index contributed by atoms with van der Waals surface area (Å²) >= 11 is 1.03. The van der Waals surface area contributed by atoms with Gasteiger partial charge in [-0.25, -0.2) is 9.79 Å². The molecule has 1 aliphatic rings. The van der Waals surface area contributed by atoms with Crippen LogP contribution in [-0.4, -0.2) is 37.3 Å². The third-order valence-corrected chi connectivity index (χ3v) is 5.43. The minimum absolute atomic E-state index is 0.136. The Kier molecular flexibility index (Phi) is 6.45. The topological polar surface area (TPSA) is 62.1 Å². The molecule has 1 aliphatic heterocycles. The van der Waals surface area contributed by atoms with E-state index in [2.05, 4.69) is 4.99 Å². The van der Waals surface area contributed by atoms with Gasteiger partial charge in [0.2, 0.25) is 0 Å². The van der Waals surface area contributed by atoms with Crippen LogP contribution in [0.25, 0.3) is 6.08 Å². The molecule has 2 aromatic carbocycles. The highest BCUT2D eigenvalue weighted by Gasteiger charge is 2.33. The molecule has 9 heteroatoms. The van der Waals surface area contributed by atoms with Crippen LogP contribution in [0, 0.1) is 0 Å². The first-order valence-electron chi connectivity index (χ1n) is 9.05. The second kappa shape index (κ2) is 8.89. The number of thioether (sulfide) groups is 1. The van der Waals surface area contributed by atoms with Gasteiger partial charge in [-0.1, -0.05) is 23.9 Å². The van der Waals surface area contributed by atoms with Gasteiger partial charge in [-0.15, -0.1) is 0 Å². The monoisotopic (exact) mass is 448 g/mol. The van der Waals surface area contributed by atoms with Gasteiger partial charge >= 0.3 is 12.1 Å². The molecule has 0 aromatic heterocycles. The zero-order valence-corrected chi connectivity index (χ0v) is 17.7. The fourth-order valence-electron chi connectivity index (χ4n) is 2.75. The standard InChI is InChI=1S/C22H19F3N2O3S/c1-27(2)16-10-4-13(5-11-16)12-17-19(28)18(21(29)30-3)20(31-17)26-15-8-6-14(7-9-15)22(23,24)25/h4-12,28H,1-3H3/b17-12+,26-20?. The number of ether oxygens (including phenoxy) is 1. The highest BCUT2D eigenvalue weighted by molar-refractivity contribution is 8.18. The van der Waals surface area contributed by atoms with Crippen molar-refractivity contribution >= 4 is 40.2 Å². The minimum Gasteiger partial charge on any atom is -0.506 e. The molecule has 0 radical (unpaired) electrons. The lowest BCUT2D eigenvalue weighted by atomic mass is 10.1. The SMILES string of the molecule is COC(=O)C1=C(O)/C(=C\c2ccc(N(C)C)cc2)SC1=Nc1ccc(C(F)(F)F)cc1. The fourth-order valence-corrected chi connectivity index (χ4v) is 3.79. The van der Waals surface area contributed by atoms with E-state index in [1.54, 1.807) is 6.08 Å². The van der Waals surface area contributed by atoms with Gasteiger partial charge in [0.15, 0.2) is 0 Å². The van der Waals surface area contributed by atoms with Crippen LogP contribution in [0.2, 0.25) is 0 Å². The van der Waals surface area contributed by atoms with Gasteiger partial charge < -0.3 is 14.7 Å². The Labute approximate surface area is 181 Å². The number of rotatable bonds is 4. The van der Waals surface area contributed by atoms with Crippen molar-refractivity contribution in [1.82, 2.24) is 0 Å². The summed E-state index contributed by atoms with van der Waals surface area (Å²) in [5.41, 5.74) is 1.06. The van der Waals surface area contributed by atoms with Crippen molar-refractivity contribution in [2.24, 2.45) is 4.99 Å². The van der Waals surface area contributed by atoms with E-state index in [1.807, 2.05) is 43.3 Å². The number of carbonyl (C=O) groups is 1. The van der Waals surface area contributed by atoms with Gasteiger partial charge in [-0.2, -0.15) is 13.2 Å². The molecule has 0 bridgehead atoms. The molecule has 0 atom stereocenters. The summed E-state index contributed by atoms with van der Waals surface area (Å²) in [6.45, 7) is 0. The summed E-state index contributed by atoms with van der Waals surface area (Å²) in [6, 6.07) is 11.7. The van der Waals surface area contributed by atoms with Crippen LogP contribution in [0.5, 0.6) is 0 Å². The Hall–Kier alpha value is -3.20. The van der Waals surface area contributed by atoms with Gasteiger partial charge in [-0.3, -0.25) is 0 Å². The molecule has 0 fully saturated rings. The fraction of sp³-hybridized carbons (Fsp3) is 0.182. The summed E-state index contributed by atoms with van der Waals surface area (Å²) in [5.74, 6) is -1.08. The highest BCUT2D eigenvalue weighted by atomic mass is 32.2. The third kappa shape index (κ3) is 5.11. The maximum Gasteiger partial charge on any atom is 0.416 e. The van der Waals surface area contributed by atoms with Crippen molar-refractivity contribution in [2.45, 2.75) is 6.18 Å². The molecule has 0 aliphatic carbocycles. The molecule has 1 N–H and O–H groups in total. The third-order valence-electron chi connectivity index (χ3n) is 4.41.